The number of anilines is 2. The number of benzene rings is 1. The van der Waals surface area contributed by atoms with E-state index in [1.807, 2.05) is 47.8 Å². The summed E-state index contributed by atoms with van der Waals surface area (Å²) in [7, 11) is 0. The van der Waals surface area contributed by atoms with Crippen LogP contribution in [0.25, 0.3) is 17.5 Å². The maximum Gasteiger partial charge on any atom is 0.244 e. The molecule has 0 unspecified atom stereocenters. The molecule has 0 radical (unpaired) electrons. The van der Waals surface area contributed by atoms with Gasteiger partial charge in [0.25, 0.3) is 0 Å². The van der Waals surface area contributed by atoms with Crippen LogP contribution in [-0.4, -0.2) is 48.0 Å². The van der Waals surface area contributed by atoms with Gasteiger partial charge in [-0.05, 0) is 17.5 Å². The minimum atomic E-state index is -0.145. The molecule has 0 spiro atoms. The Morgan fingerprint density at radius 2 is 1.59 bits per heavy atom. The van der Waals surface area contributed by atoms with Crippen molar-refractivity contribution in [1.82, 2.24) is 20.6 Å². The Morgan fingerprint density at radius 1 is 0.906 bits per heavy atom. The summed E-state index contributed by atoms with van der Waals surface area (Å²) in [5.74, 6) is 1.65. The van der Waals surface area contributed by atoms with Crippen molar-refractivity contribution in [1.29, 1.82) is 0 Å². The van der Waals surface area contributed by atoms with Crippen LogP contribution < -0.4 is 21.3 Å². The maximum atomic E-state index is 12.0. The molecular weight excluding hydrogens is 424 g/mol. The van der Waals surface area contributed by atoms with Gasteiger partial charge in [-0.25, -0.2) is 9.97 Å². The first-order chi connectivity index (χ1) is 15.6. The summed E-state index contributed by atoms with van der Waals surface area (Å²) in [6, 6.07) is 15.4. The molecule has 0 bridgehead atoms. The molecule has 2 amide bonds. The van der Waals surface area contributed by atoms with Gasteiger partial charge in [-0.15, -0.1) is 11.3 Å². The smallest absolute Gasteiger partial charge is 0.244 e. The normalized spacial score (nSPS) is 10.7. The molecule has 32 heavy (non-hydrogen) atoms. The molecule has 166 valence electrons. The van der Waals surface area contributed by atoms with E-state index in [9.17, 15) is 9.59 Å². The second kappa shape index (κ2) is 12.2. The molecule has 4 N–H and O–H groups in total. The van der Waals surface area contributed by atoms with E-state index in [4.69, 9.17) is 0 Å². The number of aromatic nitrogens is 2. The summed E-state index contributed by atoms with van der Waals surface area (Å²) in [6.45, 7) is 3.47. The Kier molecular flexibility index (Phi) is 8.76. The lowest BCUT2D eigenvalue weighted by atomic mass is 10.2. The van der Waals surface area contributed by atoms with Crippen LogP contribution in [0.5, 0.6) is 0 Å². The van der Waals surface area contributed by atoms with E-state index in [-0.39, 0.29) is 11.8 Å². The Hall–Kier alpha value is -3.72. The minimum absolute atomic E-state index is 0.0749. The second-order valence-electron chi connectivity index (χ2n) is 6.80. The highest BCUT2D eigenvalue weighted by Crippen LogP contribution is 2.20. The highest BCUT2D eigenvalue weighted by molar-refractivity contribution is 7.10. The van der Waals surface area contributed by atoms with Crippen LogP contribution in [0.15, 0.2) is 60.0 Å². The number of hydrogen-bond acceptors (Lipinski definition) is 7. The van der Waals surface area contributed by atoms with E-state index in [1.54, 1.807) is 23.5 Å². The van der Waals surface area contributed by atoms with Crippen molar-refractivity contribution >= 4 is 40.9 Å². The first kappa shape index (κ1) is 23.0. The summed E-state index contributed by atoms with van der Waals surface area (Å²) in [5.41, 5.74) is 0.896. The monoisotopic (exact) mass is 450 g/mol. The summed E-state index contributed by atoms with van der Waals surface area (Å²) in [5, 5.41) is 14.0. The first-order valence-electron chi connectivity index (χ1n) is 10.3. The van der Waals surface area contributed by atoms with Crippen LogP contribution in [0.2, 0.25) is 0 Å². The van der Waals surface area contributed by atoms with Gasteiger partial charge in [-0.3, -0.25) is 9.59 Å². The highest BCUT2D eigenvalue weighted by Gasteiger charge is 2.07. The average molecular weight is 451 g/mol. The van der Waals surface area contributed by atoms with Gasteiger partial charge in [-0.2, -0.15) is 0 Å². The van der Waals surface area contributed by atoms with Gasteiger partial charge in [0, 0.05) is 55.7 Å². The van der Waals surface area contributed by atoms with Gasteiger partial charge in [0.2, 0.25) is 11.8 Å². The third-order valence-electron chi connectivity index (χ3n) is 4.24. The molecule has 3 rings (SSSR count). The number of thiophene rings is 1. The number of carbonyl (C=O) groups is 2. The Labute approximate surface area is 191 Å². The topological polar surface area (TPSA) is 108 Å². The van der Waals surface area contributed by atoms with Crippen LogP contribution in [0.3, 0.4) is 0 Å². The number of nitrogens with zero attached hydrogens (tertiary/aromatic N) is 2. The van der Waals surface area contributed by atoms with Gasteiger partial charge in [0.1, 0.15) is 11.6 Å². The Morgan fingerprint density at radius 3 is 2.22 bits per heavy atom. The van der Waals surface area contributed by atoms with Crippen LogP contribution in [-0.2, 0) is 9.59 Å². The lowest BCUT2D eigenvalue weighted by Gasteiger charge is -2.12. The van der Waals surface area contributed by atoms with E-state index >= 15 is 0 Å². The number of hydrogen-bond donors (Lipinski definition) is 4. The summed E-state index contributed by atoms with van der Waals surface area (Å²) < 4.78 is 0. The van der Waals surface area contributed by atoms with Gasteiger partial charge in [0.15, 0.2) is 5.82 Å². The van der Waals surface area contributed by atoms with E-state index in [0.717, 1.165) is 10.4 Å². The molecule has 0 atom stereocenters. The predicted octanol–water partition coefficient (Wildman–Crippen LogP) is 2.99. The van der Waals surface area contributed by atoms with Gasteiger partial charge >= 0.3 is 0 Å². The van der Waals surface area contributed by atoms with Crippen molar-refractivity contribution in [3.8, 4) is 11.4 Å². The minimum Gasteiger partial charge on any atom is -0.368 e. The molecule has 3 aromatic rings. The molecule has 0 aliphatic heterocycles. The molecule has 0 saturated heterocycles. The van der Waals surface area contributed by atoms with Gasteiger partial charge < -0.3 is 21.3 Å². The second-order valence-corrected chi connectivity index (χ2v) is 7.78. The largest absolute Gasteiger partial charge is 0.368 e. The molecule has 8 nitrogen and oxygen atoms in total. The van der Waals surface area contributed by atoms with E-state index in [1.165, 1.54) is 13.0 Å². The highest BCUT2D eigenvalue weighted by atomic mass is 32.1. The molecule has 0 aliphatic rings. The molecule has 2 heterocycles. The van der Waals surface area contributed by atoms with E-state index in [2.05, 4.69) is 31.2 Å². The third kappa shape index (κ3) is 7.84. The molecule has 0 saturated carbocycles. The zero-order valence-corrected chi connectivity index (χ0v) is 18.6. The molecule has 2 aromatic heterocycles. The van der Waals surface area contributed by atoms with Crippen LogP contribution in [0.4, 0.5) is 11.6 Å². The Balaban J connectivity index is 1.57. The molecule has 9 heteroatoms. The third-order valence-corrected chi connectivity index (χ3v) is 5.07. The fraction of sp³-hybridized carbons (Fsp3) is 0.217. The number of nitrogens with one attached hydrogen (secondary N) is 4. The summed E-state index contributed by atoms with van der Waals surface area (Å²) >= 11 is 1.58. The molecular formula is C23H26N6O2S. The molecule has 1 aromatic carbocycles. The average Bonchev–Trinajstić information content (AvgIpc) is 3.32. The van der Waals surface area contributed by atoms with Crippen molar-refractivity contribution in [3.63, 3.8) is 0 Å². The SMILES string of the molecule is CC(=O)NCCNc1cc(NCCNC(=O)/C=C/c2cccs2)nc(-c2ccccc2)n1. The number of amides is 2. The van der Waals surface area contributed by atoms with Crippen LogP contribution in [0.1, 0.15) is 11.8 Å². The van der Waals surface area contributed by atoms with E-state index < -0.39 is 0 Å². The standard InChI is InChI=1S/C23H26N6O2S/c1-17(30)24-11-12-25-20-16-21(29-23(28-20)18-6-3-2-4-7-18)26-13-14-27-22(31)10-9-19-8-5-15-32-19/h2-10,15-16H,11-14H2,1H3,(H,24,30)(H,27,31)(H2,25,26,28,29)/b10-9+. The lowest BCUT2D eigenvalue weighted by Crippen LogP contribution is -2.27. The predicted molar refractivity (Wildman–Crippen MR) is 129 cm³/mol. The molecule has 0 fully saturated rings. The Bertz CT molecular complexity index is 1040. The van der Waals surface area contributed by atoms with Crippen LogP contribution in [0, 0.1) is 0 Å². The number of rotatable bonds is 11. The zero-order valence-electron chi connectivity index (χ0n) is 17.8. The van der Waals surface area contributed by atoms with Crippen molar-refractivity contribution in [3.05, 3.63) is 64.9 Å². The van der Waals surface area contributed by atoms with E-state index in [0.29, 0.717) is 43.6 Å². The molecule has 0 aliphatic carbocycles. The van der Waals surface area contributed by atoms with Crippen molar-refractivity contribution in [2.24, 2.45) is 0 Å². The van der Waals surface area contributed by atoms with Crippen molar-refractivity contribution in [2.45, 2.75) is 6.92 Å². The van der Waals surface area contributed by atoms with Gasteiger partial charge in [-0.1, -0.05) is 36.4 Å². The summed E-state index contributed by atoms with van der Waals surface area (Å²) in [4.78, 5) is 33.2. The quantitative estimate of drug-likeness (QED) is 0.264. The van der Waals surface area contributed by atoms with Crippen LogP contribution >= 0.6 is 11.3 Å². The van der Waals surface area contributed by atoms with Gasteiger partial charge in [0.05, 0.1) is 0 Å². The lowest BCUT2D eigenvalue weighted by molar-refractivity contribution is -0.119. The first-order valence-corrected chi connectivity index (χ1v) is 11.1. The zero-order chi connectivity index (χ0) is 22.6. The van der Waals surface area contributed by atoms with Crippen molar-refractivity contribution in [2.75, 3.05) is 36.8 Å². The fourth-order valence-electron chi connectivity index (χ4n) is 2.75. The summed E-state index contributed by atoms with van der Waals surface area (Å²) in [6.07, 6.45) is 3.32. The fourth-order valence-corrected chi connectivity index (χ4v) is 3.37. The van der Waals surface area contributed by atoms with Crippen molar-refractivity contribution < 1.29 is 9.59 Å². The maximum absolute atomic E-state index is 12.0. The number of carbonyl (C=O) groups excluding carboxylic acids is 2.